The number of benzene rings is 1. The molecule has 1 amide bonds. The molecule has 1 aromatic carbocycles. The van der Waals surface area contributed by atoms with E-state index >= 15 is 0 Å². The highest BCUT2D eigenvalue weighted by Gasteiger charge is 2.25. The predicted octanol–water partition coefficient (Wildman–Crippen LogP) is 3.47. The van der Waals surface area contributed by atoms with Gasteiger partial charge in [0.25, 0.3) is 5.91 Å². The molecule has 5 heteroatoms. The molecule has 1 heterocycles. The zero-order chi connectivity index (χ0) is 18.4. The van der Waals surface area contributed by atoms with Crippen LogP contribution in [0.15, 0.2) is 24.3 Å². The van der Waals surface area contributed by atoms with Gasteiger partial charge >= 0.3 is 5.97 Å². The summed E-state index contributed by atoms with van der Waals surface area (Å²) < 4.78 is 5.83. The van der Waals surface area contributed by atoms with E-state index in [1.165, 1.54) is 0 Å². The summed E-state index contributed by atoms with van der Waals surface area (Å²) in [6.45, 7) is 7.75. The summed E-state index contributed by atoms with van der Waals surface area (Å²) in [7, 11) is 0. The minimum Gasteiger partial charge on any atom is -0.483 e. The van der Waals surface area contributed by atoms with Gasteiger partial charge in [-0.15, -0.1) is 0 Å². The van der Waals surface area contributed by atoms with E-state index in [1.54, 1.807) is 0 Å². The van der Waals surface area contributed by atoms with Crippen LogP contribution in [0.1, 0.15) is 52.0 Å². The Labute approximate surface area is 150 Å². The van der Waals surface area contributed by atoms with Gasteiger partial charge in [0, 0.05) is 19.5 Å². The normalized spacial score (nSPS) is 18.0. The third-order valence-electron chi connectivity index (χ3n) is 4.68. The number of amides is 1. The van der Waals surface area contributed by atoms with Gasteiger partial charge in [0.1, 0.15) is 5.75 Å². The van der Waals surface area contributed by atoms with E-state index in [9.17, 15) is 9.59 Å². The standard InChI is InChI=1S/C20H29NO4/c1-20(2,3)16-8-4-5-9-17(16)25-14-18(22)21-12-6-7-15(13-21)10-11-19(23)24/h4-5,8-9,15H,6-7,10-14H2,1-3H3,(H,23,24). The number of carboxylic acids is 1. The lowest BCUT2D eigenvalue weighted by atomic mass is 9.86. The van der Waals surface area contributed by atoms with Crippen LogP contribution in [0.25, 0.3) is 0 Å². The lowest BCUT2D eigenvalue weighted by Crippen LogP contribution is -2.42. The third-order valence-corrected chi connectivity index (χ3v) is 4.68. The van der Waals surface area contributed by atoms with Crippen molar-refractivity contribution in [1.29, 1.82) is 0 Å². The van der Waals surface area contributed by atoms with Crippen molar-refractivity contribution in [1.82, 2.24) is 4.90 Å². The number of hydrogen-bond acceptors (Lipinski definition) is 3. The van der Waals surface area contributed by atoms with Crippen molar-refractivity contribution in [2.45, 2.75) is 51.9 Å². The smallest absolute Gasteiger partial charge is 0.303 e. The monoisotopic (exact) mass is 347 g/mol. The Bertz CT molecular complexity index is 606. The Kier molecular flexibility index (Phi) is 6.45. The minimum absolute atomic E-state index is 0.0243. The van der Waals surface area contributed by atoms with Crippen molar-refractivity contribution in [2.24, 2.45) is 5.92 Å². The number of carbonyl (C=O) groups is 2. The van der Waals surface area contributed by atoms with Gasteiger partial charge in [-0.1, -0.05) is 39.0 Å². The number of para-hydroxylation sites is 1. The first-order valence-corrected chi connectivity index (χ1v) is 8.99. The highest BCUT2D eigenvalue weighted by molar-refractivity contribution is 5.78. The van der Waals surface area contributed by atoms with Gasteiger partial charge in [0.2, 0.25) is 0 Å². The number of ether oxygens (including phenoxy) is 1. The topological polar surface area (TPSA) is 66.8 Å². The van der Waals surface area contributed by atoms with Crippen molar-refractivity contribution in [3.8, 4) is 5.75 Å². The number of likely N-dealkylation sites (tertiary alicyclic amines) is 1. The van der Waals surface area contributed by atoms with Crippen LogP contribution in [-0.4, -0.2) is 41.6 Å². The molecule has 0 radical (unpaired) electrons. The van der Waals surface area contributed by atoms with Crippen molar-refractivity contribution in [3.63, 3.8) is 0 Å². The van der Waals surface area contributed by atoms with Crippen molar-refractivity contribution < 1.29 is 19.4 Å². The lowest BCUT2D eigenvalue weighted by molar-refractivity contribution is -0.137. The molecule has 1 aliphatic rings. The van der Waals surface area contributed by atoms with E-state index in [1.807, 2.05) is 29.2 Å². The minimum atomic E-state index is -0.773. The number of nitrogens with zero attached hydrogens (tertiary/aromatic N) is 1. The Morgan fingerprint density at radius 3 is 2.68 bits per heavy atom. The Balaban J connectivity index is 1.91. The first-order valence-electron chi connectivity index (χ1n) is 8.99. The molecule has 25 heavy (non-hydrogen) atoms. The molecule has 1 fully saturated rings. The quantitative estimate of drug-likeness (QED) is 0.856. The fourth-order valence-electron chi connectivity index (χ4n) is 3.30. The Morgan fingerprint density at radius 1 is 1.28 bits per heavy atom. The predicted molar refractivity (Wildman–Crippen MR) is 96.8 cm³/mol. The van der Waals surface area contributed by atoms with Gasteiger partial charge in [-0.2, -0.15) is 0 Å². The van der Waals surface area contributed by atoms with Crippen LogP contribution in [0, 0.1) is 5.92 Å². The van der Waals surface area contributed by atoms with Crippen LogP contribution in [0.2, 0.25) is 0 Å². The van der Waals surface area contributed by atoms with Crippen LogP contribution in [0.3, 0.4) is 0 Å². The van der Waals surface area contributed by atoms with Gasteiger partial charge in [0.05, 0.1) is 0 Å². The second kappa shape index (κ2) is 8.37. The van der Waals surface area contributed by atoms with E-state index in [0.717, 1.165) is 30.7 Å². The highest BCUT2D eigenvalue weighted by Crippen LogP contribution is 2.31. The molecule has 0 bridgehead atoms. The number of rotatable bonds is 6. The fourth-order valence-corrected chi connectivity index (χ4v) is 3.30. The molecular weight excluding hydrogens is 318 g/mol. The molecule has 0 aliphatic carbocycles. The van der Waals surface area contributed by atoms with Crippen LogP contribution >= 0.6 is 0 Å². The Hall–Kier alpha value is -2.04. The second-order valence-electron chi connectivity index (χ2n) is 7.82. The molecule has 2 rings (SSSR count). The van der Waals surface area contributed by atoms with Gasteiger partial charge in [0.15, 0.2) is 6.61 Å². The van der Waals surface area contributed by atoms with E-state index in [-0.39, 0.29) is 30.3 Å². The molecule has 1 saturated heterocycles. The maximum atomic E-state index is 12.5. The zero-order valence-electron chi connectivity index (χ0n) is 15.5. The maximum absolute atomic E-state index is 12.5. The molecule has 5 nitrogen and oxygen atoms in total. The molecule has 1 atom stereocenters. The van der Waals surface area contributed by atoms with Gasteiger partial charge in [-0.3, -0.25) is 9.59 Å². The van der Waals surface area contributed by atoms with Gasteiger partial charge < -0.3 is 14.7 Å². The Morgan fingerprint density at radius 2 is 2.00 bits per heavy atom. The molecular formula is C20H29NO4. The molecule has 0 saturated carbocycles. The van der Waals surface area contributed by atoms with E-state index in [2.05, 4.69) is 20.8 Å². The average Bonchev–Trinajstić information content (AvgIpc) is 2.57. The zero-order valence-corrected chi connectivity index (χ0v) is 15.5. The molecule has 1 aromatic rings. The average molecular weight is 347 g/mol. The van der Waals surface area contributed by atoms with E-state index < -0.39 is 5.97 Å². The summed E-state index contributed by atoms with van der Waals surface area (Å²) in [6.07, 6.45) is 2.72. The summed E-state index contributed by atoms with van der Waals surface area (Å²) in [5.41, 5.74) is 1.04. The molecule has 1 N–H and O–H groups in total. The molecule has 0 spiro atoms. The summed E-state index contributed by atoms with van der Waals surface area (Å²) in [6, 6.07) is 7.83. The number of carboxylic acid groups (broad SMARTS) is 1. The maximum Gasteiger partial charge on any atom is 0.303 e. The fraction of sp³-hybridized carbons (Fsp3) is 0.600. The van der Waals surface area contributed by atoms with Crippen LogP contribution in [-0.2, 0) is 15.0 Å². The number of piperidine rings is 1. The first kappa shape index (κ1) is 19.3. The molecule has 138 valence electrons. The van der Waals surface area contributed by atoms with Crippen molar-refractivity contribution in [3.05, 3.63) is 29.8 Å². The second-order valence-corrected chi connectivity index (χ2v) is 7.82. The van der Waals surface area contributed by atoms with Crippen molar-refractivity contribution >= 4 is 11.9 Å². The molecule has 1 unspecified atom stereocenters. The molecule has 0 aromatic heterocycles. The summed E-state index contributed by atoms with van der Waals surface area (Å²) >= 11 is 0. The number of aliphatic carboxylic acids is 1. The van der Waals surface area contributed by atoms with Crippen molar-refractivity contribution in [2.75, 3.05) is 19.7 Å². The number of carbonyl (C=O) groups excluding carboxylic acids is 1. The number of hydrogen-bond donors (Lipinski definition) is 1. The lowest BCUT2D eigenvalue weighted by Gasteiger charge is -2.32. The molecule has 1 aliphatic heterocycles. The van der Waals surface area contributed by atoms with E-state index in [4.69, 9.17) is 9.84 Å². The summed E-state index contributed by atoms with van der Waals surface area (Å²) in [4.78, 5) is 25.0. The highest BCUT2D eigenvalue weighted by atomic mass is 16.5. The van der Waals surface area contributed by atoms with E-state index in [0.29, 0.717) is 13.0 Å². The summed E-state index contributed by atoms with van der Waals surface area (Å²) in [5.74, 6) is 0.229. The van der Waals surface area contributed by atoms with Crippen LogP contribution in [0.5, 0.6) is 5.75 Å². The third kappa shape index (κ3) is 5.76. The largest absolute Gasteiger partial charge is 0.483 e. The SMILES string of the molecule is CC(C)(C)c1ccccc1OCC(=O)N1CCCC(CCC(=O)O)C1. The summed E-state index contributed by atoms with van der Waals surface area (Å²) in [5, 5.41) is 8.82. The van der Waals surface area contributed by atoms with Crippen LogP contribution in [0.4, 0.5) is 0 Å². The first-order chi connectivity index (χ1) is 11.8. The van der Waals surface area contributed by atoms with Gasteiger partial charge in [-0.05, 0) is 42.2 Å². The van der Waals surface area contributed by atoms with Gasteiger partial charge in [-0.25, -0.2) is 0 Å². The van der Waals surface area contributed by atoms with Crippen LogP contribution < -0.4 is 4.74 Å².